The summed E-state index contributed by atoms with van der Waals surface area (Å²) in [6, 6.07) is 44.2. The number of benzene rings is 6. The van der Waals surface area contributed by atoms with E-state index >= 15 is 0 Å². The van der Waals surface area contributed by atoms with E-state index < -0.39 is 41.7 Å². The van der Waals surface area contributed by atoms with Crippen LogP contribution >= 0.6 is 0 Å². The van der Waals surface area contributed by atoms with Crippen molar-refractivity contribution in [1.82, 2.24) is 41.0 Å². The molecule has 0 aliphatic rings. The lowest BCUT2D eigenvalue weighted by molar-refractivity contribution is -0.166. The van der Waals surface area contributed by atoms with Crippen molar-refractivity contribution >= 4 is 78.9 Å². The summed E-state index contributed by atoms with van der Waals surface area (Å²) in [6.45, 7) is 13.4. The number of aromatic nitrogens is 2. The van der Waals surface area contributed by atoms with Crippen molar-refractivity contribution < 1.29 is 38.6 Å². The fraction of sp³-hybridized carbons (Fsp3) is 0.353. The first-order valence-corrected chi connectivity index (χ1v) is 28.8. The number of carbonyl (C=O) groups is 6. The van der Waals surface area contributed by atoms with Crippen molar-refractivity contribution in [3.63, 3.8) is 0 Å². The van der Waals surface area contributed by atoms with E-state index in [1.807, 2.05) is 188 Å². The number of rotatable bonds is 24. The average molecular weight is 1140 g/mol. The second kappa shape index (κ2) is 29.6. The highest BCUT2D eigenvalue weighted by Crippen LogP contribution is 2.25. The van der Waals surface area contributed by atoms with E-state index in [1.165, 1.54) is 4.90 Å². The molecule has 16 nitrogen and oxygen atoms in total. The van der Waals surface area contributed by atoms with Crippen LogP contribution < -0.4 is 21.3 Å². The minimum Gasteiger partial charge on any atom is -0.480 e. The van der Waals surface area contributed by atoms with Gasteiger partial charge in [0.1, 0.15) is 17.7 Å². The molecule has 4 atom stereocenters. The Balaban J connectivity index is 0.000000242. The number of pyridine rings is 2. The standard InChI is InChI=1S/C36H44N4O4.C32H36N4O4/c1-24(2)18-32(35(43)44-36(3,4)5)40(23-26-14-16-30-29(20-26)12-9-17-38-30)33(41)22-39-31(34(42)37-6)21-25-13-15-27-10-7-8-11-28(27)19-25;1-21(2)15-29(32(39)40)36(20-23-11-13-27-26(17-23)9-6-14-34-27)30(37)19-35-28(31(38)33-3)18-22-10-12-24-7-4-5-8-25(24)16-22/h7-17,19-20,24,31-32,39H,18,21-23H2,1-6H3,(H,37,42);4-14,16-17,21,28-29,35H,15,18-20H2,1-3H3,(H,33,38)(H,39,40)/t31-,32-;28-,29-/m00/s1. The van der Waals surface area contributed by atoms with Crippen molar-refractivity contribution in [3.05, 3.63) is 180 Å². The number of carboxylic acids is 1. The molecule has 0 aliphatic heterocycles. The first kappa shape index (κ1) is 63.0. The summed E-state index contributed by atoms with van der Waals surface area (Å²) >= 11 is 0. The van der Waals surface area contributed by atoms with Gasteiger partial charge in [0.2, 0.25) is 23.6 Å². The Hall–Kier alpha value is -8.60. The molecule has 16 heteroatoms. The Morgan fingerprint density at radius 2 is 0.881 bits per heavy atom. The van der Waals surface area contributed by atoms with Crippen molar-refractivity contribution in [2.75, 3.05) is 27.2 Å². The Bertz CT molecular complexity index is 3580. The van der Waals surface area contributed by atoms with Crippen LogP contribution in [0.1, 0.15) is 83.6 Å². The van der Waals surface area contributed by atoms with Crippen LogP contribution in [0.15, 0.2) is 158 Å². The molecule has 0 spiro atoms. The lowest BCUT2D eigenvalue weighted by Gasteiger charge is -2.34. The third-order valence-corrected chi connectivity index (χ3v) is 14.4. The molecular formula is C68H80N8O8. The SMILES string of the molecule is CNC(=O)[C@H](Cc1ccc2ccccc2c1)NCC(=O)N(Cc1ccc2ncccc2c1)[C@@H](CC(C)C)C(=O)O.CNC(=O)[C@H](Cc1ccc2ccccc2c1)NCC(=O)N(Cc1ccc2ncccc2c1)[C@@H](CC(C)C)C(=O)OC(C)(C)C. The van der Waals surface area contributed by atoms with Crippen LogP contribution in [0.5, 0.6) is 0 Å². The van der Waals surface area contributed by atoms with Crippen LogP contribution in [0.2, 0.25) is 0 Å². The highest BCUT2D eigenvalue weighted by Gasteiger charge is 2.35. The first-order valence-electron chi connectivity index (χ1n) is 28.8. The number of esters is 1. The summed E-state index contributed by atoms with van der Waals surface area (Å²) in [5, 5.41) is 28.0. The molecule has 440 valence electrons. The number of fused-ring (bicyclic) bond motifs is 4. The highest BCUT2D eigenvalue weighted by molar-refractivity contribution is 5.90. The zero-order chi connectivity index (χ0) is 60.5. The fourth-order valence-corrected chi connectivity index (χ4v) is 10.3. The maximum absolute atomic E-state index is 14.1. The number of ether oxygens (including phenoxy) is 1. The molecule has 5 N–H and O–H groups in total. The van der Waals surface area contributed by atoms with Gasteiger partial charge in [-0.15, -0.1) is 0 Å². The summed E-state index contributed by atoms with van der Waals surface area (Å²) < 4.78 is 5.81. The fourth-order valence-electron chi connectivity index (χ4n) is 10.3. The maximum atomic E-state index is 14.1. The van der Waals surface area contributed by atoms with E-state index in [4.69, 9.17) is 4.74 Å². The van der Waals surface area contributed by atoms with Crippen molar-refractivity contribution in [2.45, 2.75) is 117 Å². The number of carboxylic acid groups (broad SMARTS) is 1. The summed E-state index contributed by atoms with van der Waals surface area (Å²) in [5.74, 6) is -2.44. The van der Waals surface area contributed by atoms with E-state index in [9.17, 15) is 33.9 Å². The minimum absolute atomic E-state index is 0.0664. The number of hydrogen-bond acceptors (Lipinski definition) is 11. The molecular weight excluding hydrogens is 1060 g/mol. The summed E-state index contributed by atoms with van der Waals surface area (Å²) in [6.07, 6.45) is 4.98. The van der Waals surface area contributed by atoms with Gasteiger partial charge in [-0.2, -0.15) is 0 Å². The van der Waals surface area contributed by atoms with Crippen LogP contribution in [-0.2, 0) is 59.4 Å². The van der Waals surface area contributed by atoms with Gasteiger partial charge in [-0.3, -0.25) is 39.8 Å². The molecule has 8 rings (SSSR count). The molecule has 0 saturated carbocycles. The molecule has 84 heavy (non-hydrogen) atoms. The Morgan fingerprint density at radius 1 is 0.500 bits per heavy atom. The zero-order valence-corrected chi connectivity index (χ0v) is 49.7. The predicted octanol–water partition coefficient (Wildman–Crippen LogP) is 9.58. The molecule has 0 radical (unpaired) electrons. The quantitative estimate of drug-likeness (QED) is 0.0358. The van der Waals surface area contributed by atoms with E-state index in [2.05, 4.69) is 37.3 Å². The Labute approximate surface area is 492 Å². The number of amides is 4. The lowest BCUT2D eigenvalue weighted by atomic mass is 10.00. The molecule has 2 heterocycles. The Morgan fingerprint density at radius 3 is 1.29 bits per heavy atom. The van der Waals surface area contributed by atoms with E-state index in [0.717, 1.165) is 65.6 Å². The first-order chi connectivity index (χ1) is 40.2. The van der Waals surface area contributed by atoms with Gasteiger partial charge in [-0.1, -0.05) is 137 Å². The monoisotopic (exact) mass is 1140 g/mol. The second-order valence-corrected chi connectivity index (χ2v) is 23.1. The van der Waals surface area contributed by atoms with Gasteiger partial charge >= 0.3 is 11.9 Å². The van der Waals surface area contributed by atoms with Gasteiger partial charge in [0.05, 0.1) is 36.2 Å². The lowest BCUT2D eigenvalue weighted by Crippen LogP contribution is -2.53. The third kappa shape index (κ3) is 18.0. The average Bonchev–Trinajstić information content (AvgIpc) is 3.43. The molecule has 0 fully saturated rings. The molecule has 0 saturated heterocycles. The largest absolute Gasteiger partial charge is 0.480 e. The zero-order valence-electron chi connectivity index (χ0n) is 49.7. The van der Waals surface area contributed by atoms with Crippen LogP contribution in [0.3, 0.4) is 0 Å². The molecule has 0 unspecified atom stereocenters. The highest BCUT2D eigenvalue weighted by atomic mass is 16.6. The molecule has 0 bridgehead atoms. The van der Waals surface area contributed by atoms with E-state index in [0.29, 0.717) is 25.7 Å². The van der Waals surface area contributed by atoms with Crippen LogP contribution in [0.25, 0.3) is 43.4 Å². The normalized spacial score (nSPS) is 12.9. The molecule has 0 aliphatic carbocycles. The predicted molar refractivity (Wildman–Crippen MR) is 332 cm³/mol. The van der Waals surface area contributed by atoms with Crippen LogP contribution in [0.4, 0.5) is 0 Å². The molecule has 2 aromatic heterocycles. The summed E-state index contributed by atoms with van der Waals surface area (Å²) in [5.41, 5.74) is 4.58. The number of likely N-dealkylation sites (N-methyl/N-ethyl adjacent to an activating group) is 2. The topological polar surface area (TPSA) is 212 Å². The van der Waals surface area contributed by atoms with Crippen LogP contribution in [0, 0.1) is 11.8 Å². The molecule has 4 amide bonds. The minimum atomic E-state index is -1.05. The smallest absolute Gasteiger partial charge is 0.329 e. The number of nitrogens with one attached hydrogen (secondary N) is 4. The number of carbonyl (C=O) groups excluding carboxylic acids is 5. The van der Waals surface area contributed by atoms with Crippen molar-refractivity contribution in [2.24, 2.45) is 11.8 Å². The molecule has 6 aromatic carbocycles. The van der Waals surface area contributed by atoms with Crippen LogP contribution in [-0.4, -0.2) is 117 Å². The summed E-state index contributed by atoms with van der Waals surface area (Å²) in [7, 11) is 3.14. The number of hydrogen-bond donors (Lipinski definition) is 5. The van der Waals surface area contributed by atoms with E-state index in [1.54, 1.807) is 31.4 Å². The van der Waals surface area contributed by atoms with Crippen molar-refractivity contribution in [1.29, 1.82) is 0 Å². The molecule has 8 aromatic rings. The third-order valence-electron chi connectivity index (χ3n) is 14.4. The maximum Gasteiger partial charge on any atom is 0.329 e. The summed E-state index contributed by atoms with van der Waals surface area (Å²) in [4.78, 5) is 91.1. The van der Waals surface area contributed by atoms with Gasteiger partial charge in [0, 0.05) is 50.4 Å². The Kier molecular flexibility index (Phi) is 22.2. The van der Waals surface area contributed by atoms with E-state index in [-0.39, 0.29) is 61.6 Å². The van der Waals surface area contributed by atoms with Crippen molar-refractivity contribution in [3.8, 4) is 0 Å². The van der Waals surface area contributed by atoms with Gasteiger partial charge in [0.15, 0.2) is 0 Å². The second-order valence-electron chi connectivity index (χ2n) is 23.1. The number of nitrogens with zero attached hydrogens (tertiary/aromatic N) is 4. The number of aliphatic carboxylic acids is 1. The van der Waals surface area contributed by atoms with Gasteiger partial charge in [0.25, 0.3) is 0 Å². The van der Waals surface area contributed by atoms with Gasteiger partial charge in [-0.25, -0.2) is 9.59 Å². The van der Waals surface area contributed by atoms with Gasteiger partial charge < -0.3 is 30.3 Å². The van der Waals surface area contributed by atoms with Gasteiger partial charge in [-0.05, 0) is 138 Å².